The van der Waals surface area contributed by atoms with Gasteiger partial charge in [-0.3, -0.25) is 9.69 Å². The van der Waals surface area contributed by atoms with Crippen molar-refractivity contribution in [3.8, 4) is 0 Å². The van der Waals surface area contributed by atoms with Gasteiger partial charge >= 0.3 is 0 Å². The first-order valence-electron chi connectivity index (χ1n) is 9.96. The predicted molar refractivity (Wildman–Crippen MR) is 101 cm³/mol. The number of amides is 1. The normalized spacial score (nSPS) is 37.5. The summed E-state index contributed by atoms with van der Waals surface area (Å²) in [7, 11) is 3.32. The average Bonchev–Trinajstić information content (AvgIpc) is 2.87. The number of ether oxygens (including phenoxy) is 4. The minimum absolute atomic E-state index is 0.122. The van der Waals surface area contributed by atoms with E-state index in [1.54, 1.807) is 14.1 Å². The number of rotatable bonds is 5. The highest BCUT2D eigenvalue weighted by atomic mass is 16.8. The summed E-state index contributed by atoms with van der Waals surface area (Å²) in [4.78, 5) is 15.5. The van der Waals surface area contributed by atoms with E-state index < -0.39 is 29.9 Å². The van der Waals surface area contributed by atoms with Gasteiger partial charge in [0, 0.05) is 32.7 Å². The molecule has 0 saturated carbocycles. The van der Waals surface area contributed by atoms with Crippen molar-refractivity contribution in [2.24, 2.45) is 5.73 Å². The number of nitrogens with two attached hydrogens (primary N) is 1. The first-order valence-corrected chi connectivity index (χ1v) is 9.96. The van der Waals surface area contributed by atoms with Crippen molar-refractivity contribution in [1.82, 2.24) is 9.80 Å². The van der Waals surface area contributed by atoms with Gasteiger partial charge in [0.05, 0.1) is 13.2 Å². The first-order chi connectivity index (χ1) is 12.9. The molecule has 9 heteroatoms. The Morgan fingerprint density at radius 3 is 2.54 bits per heavy atom. The van der Waals surface area contributed by atoms with Gasteiger partial charge in [-0.2, -0.15) is 0 Å². The second-order valence-electron chi connectivity index (χ2n) is 9.22. The summed E-state index contributed by atoms with van der Waals surface area (Å²) in [6.45, 7) is 7.84. The lowest BCUT2D eigenvalue weighted by molar-refractivity contribution is -0.301. The van der Waals surface area contributed by atoms with E-state index >= 15 is 0 Å². The van der Waals surface area contributed by atoms with Crippen molar-refractivity contribution in [1.29, 1.82) is 0 Å². The number of fused-ring (bicyclic) bond motifs is 1. The number of hydrogen-bond acceptors (Lipinski definition) is 8. The molecule has 0 aromatic heterocycles. The Kier molecular flexibility index (Phi) is 6.09. The van der Waals surface area contributed by atoms with E-state index in [1.807, 2.05) is 13.8 Å². The molecule has 3 fully saturated rings. The molecule has 0 radical (unpaired) electrons. The monoisotopic (exact) mass is 401 g/mol. The zero-order valence-corrected chi connectivity index (χ0v) is 17.6. The molecule has 3 rings (SSSR count). The van der Waals surface area contributed by atoms with E-state index in [9.17, 15) is 9.90 Å². The van der Waals surface area contributed by atoms with Gasteiger partial charge in [0.1, 0.15) is 24.9 Å². The van der Waals surface area contributed by atoms with Crippen molar-refractivity contribution < 1.29 is 28.8 Å². The quantitative estimate of drug-likeness (QED) is 0.636. The Hall–Kier alpha value is -0.810. The van der Waals surface area contributed by atoms with Gasteiger partial charge in [0.2, 0.25) is 11.7 Å². The largest absolute Gasteiger partial charge is 0.387 e. The van der Waals surface area contributed by atoms with Gasteiger partial charge in [-0.25, -0.2) is 0 Å². The van der Waals surface area contributed by atoms with Crippen LogP contribution >= 0.6 is 0 Å². The Morgan fingerprint density at radius 2 is 1.93 bits per heavy atom. The van der Waals surface area contributed by atoms with Crippen molar-refractivity contribution in [2.45, 2.75) is 69.0 Å². The van der Waals surface area contributed by atoms with E-state index in [0.717, 1.165) is 25.9 Å². The van der Waals surface area contributed by atoms with Crippen LogP contribution in [-0.2, 0) is 23.7 Å². The molecule has 162 valence electrons. The number of piperidine rings is 1. The van der Waals surface area contributed by atoms with E-state index in [-0.39, 0.29) is 24.7 Å². The highest BCUT2D eigenvalue weighted by Gasteiger charge is 2.62. The number of aliphatic hydroxyl groups excluding tert-OH is 1. The molecule has 3 aliphatic rings. The molecule has 28 heavy (non-hydrogen) atoms. The average molecular weight is 402 g/mol. The Balaban J connectivity index is 1.68. The number of nitrogens with zero attached hydrogens (tertiary/aromatic N) is 2. The summed E-state index contributed by atoms with van der Waals surface area (Å²) < 4.78 is 23.9. The number of carbonyl (C=O) groups is 1. The lowest BCUT2D eigenvalue weighted by Crippen LogP contribution is -2.64. The van der Waals surface area contributed by atoms with E-state index in [2.05, 4.69) is 11.8 Å². The summed E-state index contributed by atoms with van der Waals surface area (Å²) in [5.74, 6) is -2.14. The third kappa shape index (κ3) is 4.67. The summed E-state index contributed by atoms with van der Waals surface area (Å²) in [6.07, 6.45) is -0.553. The molecule has 9 nitrogen and oxygen atoms in total. The number of likely N-dealkylation sites (N-methyl/N-ethyl adjacent to an activating group) is 1. The fraction of sp³-hybridized carbons (Fsp3) is 0.947. The molecular weight excluding hydrogens is 366 g/mol. The van der Waals surface area contributed by atoms with Crippen LogP contribution in [0.1, 0.15) is 33.6 Å². The number of carbonyl (C=O) groups excluding carboxylic acids is 1. The minimum atomic E-state index is -1.07. The fourth-order valence-electron chi connectivity index (χ4n) is 4.01. The highest BCUT2D eigenvalue weighted by molar-refractivity contribution is 5.76. The molecule has 3 aliphatic heterocycles. The van der Waals surface area contributed by atoms with E-state index in [0.29, 0.717) is 6.54 Å². The zero-order valence-electron chi connectivity index (χ0n) is 17.6. The highest BCUT2D eigenvalue weighted by Crippen LogP contribution is 2.43. The fourth-order valence-corrected chi connectivity index (χ4v) is 4.01. The summed E-state index contributed by atoms with van der Waals surface area (Å²) in [6, 6.07) is 0. The number of aliphatic hydroxyl groups is 1. The van der Waals surface area contributed by atoms with E-state index in [1.165, 1.54) is 4.90 Å². The molecule has 3 N–H and O–H groups in total. The van der Waals surface area contributed by atoms with Gasteiger partial charge in [-0.1, -0.05) is 0 Å². The van der Waals surface area contributed by atoms with Crippen LogP contribution in [0, 0.1) is 0 Å². The second-order valence-corrected chi connectivity index (χ2v) is 9.22. The van der Waals surface area contributed by atoms with Crippen LogP contribution in [0.2, 0.25) is 0 Å². The molecular formula is C19H35N3O6. The Labute approximate surface area is 167 Å². The van der Waals surface area contributed by atoms with Crippen molar-refractivity contribution >= 4 is 5.91 Å². The van der Waals surface area contributed by atoms with Crippen LogP contribution in [0.15, 0.2) is 0 Å². The van der Waals surface area contributed by atoms with Crippen LogP contribution in [-0.4, -0.2) is 103 Å². The molecule has 0 spiro atoms. The molecule has 0 unspecified atom stereocenters. The van der Waals surface area contributed by atoms with Crippen molar-refractivity contribution in [2.75, 3.05) is 46.9 Å². The number of likely N-dealkylation sites (tertiary alicyclic amines) is 1. The maximum atomic E-state index is 11.8. The van der Waals surface area contributed by atoms with Gasteiger partial charge in [-0.05, 0) is 33.6 Å². The molecule has 3 saturated heterocycles. The first kappa shape index (κ1) is 21.9. The summed E-state index contributed by atoms with van der Waals surface area (Å²) in [5, 5.41) is 10.9. The summed E-state index contributed by atoms with van der Waals surface area (Å²) in [5.41, 5.74) is 6.09. The zero-order chi connectivity index (χ0) is 20.7. The minimum Gasteiger partial charge on any atom is -0.387 e. The van der Waals surface area contributed by atoms with Gasteiger partial charge in [0.15, 0.2) is 5.79 Å². The standard InChI is InChI=1S/C19H35N3O6/c1-17(2)27-16-15(24)13(25-11-14(23)21(4)5)10-26-19(16,28-17)12-22-8-6-18(3,20)7-9-22/h13,15-16,24H,6-12,20H2,1-5H3/t13-,15-,16+,19+/m1/s1. The Bertz CT molecular complexity index is 574. The number of hydrogen-bond donors (Lipinski definition) is 2. The molecule has 4 atom stereocenters. The van der Waals surface area contributed by atoms with Crippen LogP contribution in [0.4, 0.5) is 0 Å². The smallest absolute Gasteiger partial charge is 0.248 e. The third-order valence-corrected chi connectivity index (χ3v) is 5.81. The summed E-state index contributed by atoms with van der Waals surface area (Å²) >= 11 is 0. The third-order valence-electron chi connectivity index (χ3n) is 5.81. The van der Waals surface area contributed by atoms with Crippen LogP contribution in [0.3, 0.4) is 0 Å². The van der Waals surface area contributed by atoms with Crippen LogP contribution in [0.25, 0.3) is 0 Å². The second kappa shape index (κ2) is 7.79. The van der Waals surface area contributed by atoms with Crippen molar-refractivity contribution in [3.63, 3.8) is 0 Å². The topological polar surface area (TPSA) is 107 Å². The molecule has 0 aromatic rings. The molecule has 0 aliphatic carbocycles. The van der Waals surface area contributed by atoms with Gasteiger partial charge in [0.25, 0.3) is 0 Å². The van der Waals surface area contributed by atoms with Gasteiger partial charge < -0.3 is 34.7 Å². The Morgan fingerprint density at radius 1 is 1.29 bits per heavy atom. The molecule has 0 aromatic carbocycles. The molecule has 1 amide bonds. The van der Waals surface area contributed by atoms with Crippen LogP contribution in [0.5, 0.6) is 0 Å². The predicted octanol–water partition coefficient (Wildman–Crippen LogP) is -0.488. The SMILES string of the molecule is CN(C)C(=O)CO[C@@H]1CO[C@@]2(CN3CCC(C)(N)CC3)OC(C)(C)O[C@H]2[C@@H]1O. The maximum Gasteiger partial charge on any atom is 0.248 e. The van der Waals surface area contributed by atoms with Crippen molar-refractivity contribution in [3.05, 3.63) is 0 Å². The van der Waals surface area contributed by atoms with Gasteiger partial charge in [-0.15, -0.1) is 0 Å². The maximum absolute atomic E-state index is 11.8. The van der Waals surface area contributed by atoms with Crippen LogP contribution < -0.4 is 5.73 Å². The molecule has 3 heterocycles. The molecule has 0 bridgehead atoms. The lowest BCUT2D eigenvalue weighted by atomic mass is 9.90. The lowest BCUT2D eigenvalue weighted by Gasteiger charge is -2.46. The van der Waals surface area contributed by atoms with E-state index in [4.69, 9.17) is 24.7 Å².